The standard InChI is InChI=1S/C16H19NO2/c1-2-11(18)17-15-10-6-9(14(15)16(17)19)12-7-3-4-8(5-7)13(10)12/h2,7-10,12-15H,1,3-6H2. The van der Waals surface area contributed by atoms with Gasteiger partial charge in [0, 0.05) is 0 Å². The average molecular weight is 257 g/mol. The number of amides is 2. The highest BCUT2D eigenvalue weighted by Gasteiger charge is 2.73. The molecule has 0 spiro atoms. The van der Waals surface area contributed by atoms with Gasteiger partial charge < -0.3 is 0 Å². The van der Waals surface area contributed by atoms with Crippen molar-refractivity contribution < 1.29 is 9.59 Å². The molecule has 5 aliphatic rings. The molecular formula is C16H19NO2. The van der Waals surface area contributed by atoms with Gasteiger partial charge in [-0.2, -0.15) is 0 Å². The van der Waals surface area contributed by atoms with Crippen LogP contribution in [0.1, 0.15) is 25.7 Å². The van der Waals surface area contributed by atoms with Crippen LogP contribution in [0.25, 0.3) is 0 Å². The van der Waals surface area contributed by atoms with Crippen LogP contribution < -0.4 is 0 Å². The number of fused-ring (bicyclic) bond motifs is 12. The third-order valence-electron chi connectivity index (χ3n) is 7.08. The van der Waals surface area contributed by atoms with Crippen molar-refractivity contribution in [3.63, 3.8) is 0 Å². The van der Waals surface area contributed by atoms with Gasteiger partial charge in [0.15, 0.2) is 0 Å². The van der Waals surface area contributed by atoms with Crippen molar-refractivity contribution in [1.29, 1.82) is 0 Å². The van der Waals surface area contributed by atoms with E-state index in [0.717, 1.165) is 23.7 Å². The van der Waals surface area contributed by atoms with Crippen LogP contribution in [0.3, 0.4) is 0 Å². The van der Waals surface area contributed by atoms with Crippen LogP contribution in [0, 0.1) is 41.4 Å². The highest BCUT2D eigenvalue weighted by Crippen LogP contribution is 2.71. The summed E-state index contributed by atoms with van der Waals surface area (Å²) in [4.78, 5) is 25.7. The molecule has 0 N–H and O–H groups in total. The van der Waals surface area contributed by atoms with Gasteiger partial charge in [-0.15, -0.1) is 0 Å². The lowest BCUT2D eigenvalue weighted by Crippen LogP contribution is -2.67. The Hall–Kier alpha value is -1.12. The molecule has 100 valence electrons. The average Bonchev–Trinajstić information content (AvgIpc) is 3.13. The summed E-state index contributed by atoms with van der Waals surface area (Å²) in [6.45, 7) is 3.54. The number of β-lactam (4-membered cyclic amide) rings is 1. The van der Waals surface area contributed by atoms with Crippen LogP contribution >= 0.6 is 0 Å². The van der Waals surface area contributed by atoms with E-state index in [1.54, 1.807) is 0 Å². The molecule has 3 heteroatoms. The minimum absolute atomic E-state index is 0.101. The summed E-state index contributed by atoms with van der Waals surface area (Å²) in [6.07, 6.45) is 6.72. The van der Waals surface area contributed by atoms with E-state index >= 15 is 0 Å². The Bertz CT molecular complexity index is 513. The molecule has 1 saturated heterocycles. The van der Waals surface area contributed by atoms with E-state index in [2.05, 4.69) is 6.58 Å². The summed E-state index contributed by atoms with van der Waals surface area (Å²) >= 11 is 0. The maximum Gasteiger partial charge on any atom is 0.252 e. The largest absolute Gasteiger partial charge is 0.274 e. The van der Waals surface area contributed by atoms with E-state index < -0.39 is 0 Å². The molecule has 1 heterocycles. The molecular weight excluding hydrogens is 238 g/mol. The minimum Gasteiger partial charge on any atom is -0.274 e. The van der Waals surface area contributed by atoms with Gasteiger partial charge in [0.25, 0.3) is 5.91 Å². The SMILES string of the molecule is C=CC(=O)N1C(=O)C2C3CC(C4C5CCC(C5)C34)C21. The number of carbonyl (C=O) groups excluding carboxylic acids is 2. The number of hydrogen-bond donors (Lipinski definition) is 0. The first kappa shape index (κ1) is 10.6. The molecule has 8 atom stereocenters. The van der Waals surface area contributed by atoms with E-state index in [0.29, 0.717) is 11.8 Å². The van der Waals surface area contributed by atoms with Crippen LogP contribution in [-0.4, -0.2) is 22.8 Å². The van der Waals surface area contributed by atoms with Gasteiger partial charge in [-0.25, -0.2) is 0 Å². The maximum absolute atomic E-state index is 12.3. The zero-order chi connectivity index (χ0) is 12.9. The summed E-state index contributed by atoms with van der Waals surface area (Å²) in [5.74, 6) is 4.82. The predicted molar refractivity (Wildman–Crippen MR) is 68.7 cm³/mol. The van der Waals surface area contributed by atoms with Crippen LogP contribution in [-0.2, 0) is 9.59 Å². The second-order valence-electron chi connectivity index (χ2n) is 7.32. The smallest absolute Gasteiger partial charge is 0.252 e. The highest BCUT2D eigenvalue weighted by molar-refractivity contribution is 6.06. The number of likely N-dealkylation sites (tertiary alicyclic amines) is 1. The number of hydrogen-bond acceptors (Lipinski definition) is 2. The van der Waals surface area contributed by atoms with Gasteiger partial charge in [-0.3, -0.25) is 14.5 Å². The van der Waals surface area contributed by atoms with Crippen LogP contribution in [0.5, 0.6) is 0 Å². The van der Waals surface area contributed by atoms with Crippen LogP contribution in [0.4, 0.5) is 0 Å². The van der Waals surface area contributed by atoms with Crippen LogP contribution in [0.15, 0.2) is 12.7 Å². The first-order chi connectivity index (χ1) is 9.22. The number of imide groups is 1. The van der Waals surface area contributed by atoms with Gasteiger partial charge in [0.2, 0.25) is 5.91 Å². The quantitative estimate of drug-likeness (QED) is 0.408. The maximum atomic E-state index is 12.3. The van der Waals surface area contributed by atoms with Crippen molar-refractivity contribution in [1.82, 2.24) is 4.90 Å². The van der Waals surface area contributed by atoms with Gasteiger partial charge >= 0.3 is 0 Å². The highest BCUT2D eigenvalue weighted by atomic mass is 16.2. The van der Waals surface area contributed by atoms with Gasteiger partial charge in [-0.05, 0) is 67.3 Å². The minimum atomic E-state index is -0.168. The van der Waals surface area contributed by atoms with Gasteiger partial charge in [0.1, 0.15) is 0 Å². The van der Waals surface area contributed by atoms with Crippen LogP contribution in [0.2, 0.25) is 0 Å². The molecule has 4 aliphatic carbocycles. The number of carbonyl (C=O) groups is 2. The molecule has 5 rings (SSSR count). The van der Waals surface area contributed by atoms with Crippen molar-refractivity contribution in [2.75, 3.05) is 0 Å². The van der Waals surface area contributed by atoms with Crippen molar-refractivity contribution in [3.05, 3.63) is 12.7 Å². The predicted octanol–water partition coefficient (Wildman–Crippen LogP) is 1.84. The molecule has 4 saturated carbocycles. The Kier molecular flexibility index (Phi) is 1.75. The summed E-state index contributed by atoms with van der Waals surface area (Å²) in [5, 5.41) is 0. The zero-order valence-electron chi connectivity index (χ0n) is 11.0. The molecule has 19 heavy (non-hydrogen) atoms. The molecule has 4 bridgehead atoms. The first-order valence-electron chi connectivity index (χ1n) is 7.72. The fourth-order valence-electron chi connectivity index (χ4n) is 6.81. The lowest BCUT2D eigenvalue weighted by molar-refractivity contribution is -0.172. The summed E-state index contributed by atoms with van der Waals surface area (Å²) in [5.41, 5.74) is 0. The lowest BCUT2D eigenvalue weighted by Gasteiger charge is -2.53. The number of nitrogens with zero attached hydrogens (tertiary/aromatic N) is 1. The summed E-state index contributed by atoms with van der Waals surface area (Å²) < 4.78 is 0. The van der Waals surface area contributed by atoms with E-state index in [-0.39, 0.29) is 23.8 Å². The second kappa shape index (κ2) is 3.13. The second-order valence-corrected chi connectivity index (χ2v) is 7.32. The summed E-state index contributed by atoms with van der Waals surface area (Å²) in [6, 6.07) is 0.239. The summed E-state index contributed by atoms with van der Waals surface area (Å²) in [7, 11) is 0. The normalized spacial score (nSPS) is 56.0. The molecule has 0 radical (unpaired) electrons. The molecule has 5 fully saturated rings. The van der Waals surface area contributed by atoms with Crippen molar-refractivity contribution >= 4 is 11.8 Å². The van der Waals surface area contributed by atoms with Crippen molar-refractivity contribution in [3.8, 4) is 0 Å². The molecule has 8 unspecified atom stereocenters. The Balaban J connectivity index is 1.52. The molecule has 3 nitrogen and oxygen atoms in total. The molecule has 2 amide bonds. The van der Waals surface area contributed by atoms with E-state index in [1.807, 2.05) is 0 Å². The first-order valence-corrected chi connectivity index (χ1v) is 7.72. The monoisotopic (exact) mass is 257 g/mol. The topological polar surface area (TPSA) is 37.4 Å². The van der Waals surface area contributed by atoms with E-state index in [9.17, 15) is 9.59 Å². The third-order valence-corrected chi connectivity index (χ3v) is 7.08. The third kappa shape index (κ3) is 0.976. The Morgan fingerprint density at radius 1 is 1.16 bits per heavy atom. The Morgan fingerprint density at radius 2 is 1.84 bits per heavy atom. The van der Waals surface area contributed by atoms with E-state index in [4.69, 9.17) is 0 Å². The van der Waals surface area contributed by atoms with Crippen molar-refractivity contribution in [2.24, 2.45) is 41.4 Å². The Morgan fingerprint density at radius 3 is 2.53 bits per heavy atom. The fraction of sp³-hybridized carbons (Fsp3) is 0.750. The number of rotatable bonds is 1. The van der Waals surface area contributed by atoms with Gasteiger partial charge in [-0.1, -0.05) is 6.58 Å². The zero-order valence-corrected chi connectivity index (χ0v) is 11.0. The van der Waals surface area contributed by atoms with Crippen molar-refractivity contribution in [2.45, 2.75) is 31.7 Å². The van der Waals surface area contributed by atoms with E-state index in [1.165, 1.54) is 36.7 Å². The fourth-order valence-corrected chi connectivity index (χ4v) is 6.81. The lowest BCUT2D eigenvalue weighted by atomic mass is 9.62. The molecule has 0 aromatic carbocycles. The molecule has 1 aliphatic heterocycles. The van der Waals surface area contributed by atoms with Gasteiger partial charge in [0.05, 0.1) is 12.0 Å². The molecule has 0 aromatic rings. The Labute approximate surface area is 113 Å². The molecule has 0 aromatic heterocycles.